The number of hydrogen-bond donors (Lipinski definition) is 1. The molecular weight excluding hydrogens is 380 g/mol. The summed E-state index contributed by atoms with van der Waals surface area (Å²) in [5, 5.41) is 6.61. The maximum Gasteiger partial charge on any atom is 0.264 e. The number of benzene rings is 1. The van der Waals surface area contributed by atoms with Crippen LogP contribution in [0.25, 0.3) is 16.3 Å². The molecule has 0 spiro atoms. The van der Waals surface area contributed by atoms with Gasteiger partial charge in [0.25, 0.3) is 10.0 Å². The van der Waals surface area contributed by atoms with Gasteiger partial charge in [0, 0.05) is 18.5 Å². The minimum absolute atomic E-state index is 0.0974. The van der Waals surface area contributed by atoms with Gasteiger partial charge in [0.05, 0.1) is 10.6 Å². The fourth-order valence-electron chi connectivity index (χ4n) is 2.69. The summed E-state index contributed by atoms with van der Waals surface area (Å²) in [5.74, 6) is 0.372. The lowest BCUT2D eigenvalue weighted by molar-refractivity contribution is 0.600. The van der Waals surface area contributed by atoms with Crippen LogP contribution in [0.15, 0.2) is 77.3 Å². The molecule has 0 saturated heterocycles. The van der Waals surface area contributed by atoms with Crippen LogP contribution in [0.3, 0.4) is 0 Å². The second-order valence-electron chi connectivity index (χ2n) is 5.88. The van der Waals surface area contributed by atoms with E-state index in [2.05, 4.69) is 14.8 Å². The van der Waals surface area contributed by atoms with Crippen molar-refractivity contribution in [1.82, 2.24) is 14.8 Å². The van der Waals surface area contributed by atoms with Crippen LogP contribution >= 0.6 is 11.3 Å². The van der Waals surface area contributed by atoms with Gasteiger partial charge in [-0.2, -0.15) is 5.10 Å². The third kappa shape index (κ3) is 3.49. The van der Waals surface area contributed by atoms with Crippen molar-refractivity contribution in [2.45, 2.75) is 11.8 Å². The molecule has 0 radical (unpaired) electrons. The lowest BCUT2D eigenvalue weighted by Gasteiger charge is -2.12. The van der Waals surface area contributed by atoms with Crippen molar-refractivity contribution in [2.24, 2.45) is 0 Å². The smallest absolute Gasteiger partial charge is 0.263 e. The first-order valence-electron chi connectivity index (χ1n) is 8.17. The predicted octanol–water partition coefficient (Wildman–Crippen LogP) is 4.11. The monoisotopic (exact) mass is 396 g/mol. The molecule has 0 aliphatic heterocycles. The van der Waals surface area contributed by atoms with Gasteiger partial charge < -0.3 is 0 Å². The Morgan fingerprint density at radius 2 is 1.93 bits per heavy atom. The van der Waals surface area contributed by atoms with Crippen LogP contribution in [0.4, 0.5) is 5.82 Å². The molecule has 0 aliphatic rings. The average molecular weight is 396 g/mol. The van der Waals surface area contributed by atoms with Crippen molar-refractivity contribution in [1.29, 1.82) is 0 Å². The summed E-state index contributed by atoms with van der Waals surface area (Å²) in [6, 6.07) is 16.4. The van der Waals surface area contributed by atoms with Gasteiger partial charge in [-0.15, -0.1) is 11.3 Å². The molecule has 6 nitrogen and oxygen atoms in total. The average Bonchev–Trinajstić information content (AvgIpc) is 3.33. The normalized spacial score (nSPS) is 11.4. The molecule has 0 unspecified atom stereocenters. The fourth-order valence-corrected chi connectivity index (χ4v) is 4.36. The van der Waals surface area contributed by atoms with E-state index in [1.807, 2.05) is 48.7 Å². The molecule has 0 aliphatic carbocycles. The number of nitrogens with zero attached hydrogens (tertiary/aromatic N) is 3. The zero-order valence-electron chi connectivity index (χ0n) is 14.4. The van der Waals surface area contributed by atoms with E-state index in [9.17, 15) is 8.42 Å². The van der Waals surface area contributed by atoms with E-state index in [4.69, 9.17) is 0 Å². The molecule has 3 heterocycles. The summed E-state index contributed by atoms with van der Waals surface area (Å²) < 4.78 is 29.8. The fraction of sp³-hybridized carbons (Fsp3) is 0.0526. The minimum atomic E-state index is -3.78. The van der Waals surface area contributed by atoms with Crippen LogP contribution in [0.1, 0.15) is 5.56 Å². The molecule has 0 fully saturated rings. The number of aromatic nitrogens is 3. The second-order valence-corrected chi connectivity index (χ2v) is 8.51. The number of anilines is 1. The first-order valence-corrected chi connectivity index (χ1v) is 10.5. The Balaban J connectivity index is 1.83. The number of sulfonamides is 1. The van der Waals surface area contributed by atoms with E-state index in [0.29, 0.717) is 11.5 Å². The molecule has 8 heteroatoms. The molecule has 0 bridgehead atoms. The molecule has 0 amide bonds. The topological polar surface area (TPSA) is 76.9 Å². The molecular formula is C19H16N4O2S2. The summed E-state index contributed by atoms with van der Waals surface area (Å²) in [6.45, 7) is 1.96. The van der Waals surface area contributed by atoms with Crippen LogP contribution < -0.4 is 4.72 Å². The summed E-state index contributed by atoms with van der Waals surface area (Å²) >= 11 is 1.55. The van der Waals surface area contributed by atoms with Crippen molar-refractivity contribution in [2.75, 3.05) is 4.72 Å². The van der Waals surface area contributed by atoms with Crippen LogP contribution in [0.2, 0.25) is 0 Å². The van der Waals surface area contributed by atoms with Crippen molar-refractivity contribution in [3.8, 4) is 16.3 Å². The van der Waals surface area contributed by atoms with E-state index in [1.54, 1.807) is 28.2 Å². The maximum atomic E-state index is 12.8. The van der Waals surface area contributed by atoms with E-state index >= 15 is 0 Å². The van der Waals surface area contributed by atoms with Crippen LogP contribution in [-0.4, -0.2) is 23.2 Å². The van der Waals surface area contributed by atoms with Gasteiger partial charge in [-0.1, -0.05) is 24.3 Å². The van der Waals surface area contributed by atoms with Gasteiger partial charge in [-0.05, 0) is 42.1 Å². The molecule has 4 rings (SSSR count). The Morgan fingerprint density at radius 3 is 2.63 bits per heavy atom. The lowest BCUT2D eigenvalue weighted by atomic mass is 10.2. The van der Waals surface area contributed by atoms with Gasteiger partial charge in [0.2, 0.25) is 0 Å². The molecule has 4 aromatic rings. The highest BCUT2D eigenvalue weighted by atomic mass is 32.2. The Labute approximate surface area is 161 Å². The third-order valence-electron chi connectivity index (χ3n) is 4.01. The predicted molar refractivity (Wildman–Crippen MR) is 107 cm³/mol. The maximum absolute atomic E-state index is 12.8. The van der Waals surface area contributed by atoms with E-state index in [-0.39, 0.29) is 4.90 Å². The third-order valence-corrected chi connectivity index (χ3v) is 6.24. The molecule has 1 aromatic carbocycles. The SMILES string of the molecule is Cc1ccccc1-n1nc(-c2cccs2)cc1NS(=O)(=O)c1cccnc1. The lowest BCUT2D eigenvalue weighted by Crippen LogP contribution is -2.16. The van der Waals surface area contributed by atoms with Crippen LogP contribution in [0, 0.1) is 6.92 Å². The van der Waals surface area contributed by atoms with E-state index in [1.165, 1.54) is 18.5 Å². The quantitative estimate of drug-likeness (QED) is 0.551. The Hall–Kier alpha value is -2.97. The number of thiophene rings is 1. The zero-order valence-corrected chi connectivity index (χ0v) is 16.0. The number of para-hydroxylation sites is 1. The highest BCUT2D eigenvalue weighted by Crippen LogP contribution is 2.30. The number of aryl methyl sites for hydroxylation is 1. The molecule has 136 valence electrons. The minimum Gasteiger partial charge on any atom is -0.263 e. The van der Waals surface area contributed by atoms with Crippen molar-refractivity contribution in [3.63, 3.8) is 0 Å². The van der Waals surface area contributed by atoms with Gasteiger partial charge in [-0.3, -0.25) is 9.71 Å². The van der Waals surface area contributed by atoms with Gasteiger partial charge in [0.15, 0.2) is 0 Å². The first-order chi connectivity index (χ1) is 13.0. The highest BCUT2D eigenvalue weighted by molar-refractivity contribution is 7.92. The van der Waals surface area contributed by atoms with Crippen LogP contribution in [-0.2, 0) is 10.0 Å². The van der Waals surface area contributed by atoms with Crippen molar-refractivity contribution >= 4 is 27.2 Å². The summed E-state index contributed by atoms with van der Waals surface area (Å²) in [5.41, 5.74) is 2.50. The van der Waals surface area contributed by atoms with Gasteiger partial charge in [-0.25, -0.2) is 13.1 Å². The Bertz CT molecular complexity index is 1170. The summed E-state index contributed by atoms with van der Waals surface area (Å²) in [4.78, 5) is 4.95. The number of pyridine rings is 1. The van der Waals surface area contributed by atoms with Crippen LogP contribution in [0.5, 0.6) is 0 Å². The van der Waals surface area contributed by atoms with Gasteiger partial charge >= 0.3 is 0 Å². The summed E-state index contributed by atoms with van der Waals surface area (Å²) in [7, 11) is -3.78. The number of nitrogens with one attached hydrogen (secondary N) is 1. The highest BCUT2D eigenvalue weighted by Gasteiger charge is 2.20. The molecule has 27 heavy (non-hydrogen) atoms. The Kier molecular flexibility index (Phi) is 4.51. The number of hydrogen-bond acceptors (Lipinski definition) is 5. The number of rotatable bonds is 5. The van der Waals surface area contributed by atoms with Crippen molar-refractivity contribution < 1.29 is 8.42 Å². The largest absolute Gasteiger partial charge is 0.264 e. The molecule has 3 aromatic heterocycles. The van der Waals surface area contributed by atoms with E-state index < -0.39 is 10.0 Å². The molecule has 0 saturated carbocycles. The van der Waals surface area contributed by atoms with E-state index in [0.717, 1.165) is 16.1 Å². The Morgan fingerprint density at radius 1 is 1.07 bits per heavy atom. The first kappa shape index (κ1) is 17.4. The van der Waals surface area contributed by atoms with Crippen molar-refractivity contribution in [3.05, 3.63) is 77.9 Å². The van der Waals surface area contributed by atoms with Gasteiger partial charge in [0.1, 0.15) is 16.4 Å². The standard InChI is InChI=1S/C19H16N4O2S2/c1-14-6-2-3-8-17(14)23-19(12-16(21-23)18-9-5-11-26-18)22-27(24,25)15-7-4-10-20-13-15/h2-13,22H,1H3. The zero-order chi connectivity index (χ0) is 18.9. The molecule has 1 N–H and O–H groups in total. The second kappa shape index (κ2) is 6.98. The molecule has 0 atom stereocenters. The summed E-state index contributed by atoms with van der Waals surface area (Å²) in [6.07, 6.45) is 2.85.